The first-order valence-electron chi connectivity index (χ1n) is 12.0. The second-order valence-corrected chi connectivity index (χ2v) is 9.43. The van der Waals surface area contributed by atoms with Crippen LogP contribution in [0.5, 0.6) is 17.5 Å². The smallest absolute Gasteiger partial charge is 0.346 e. The fourth-order valence-corrected chi connectivity index (χ4v) is 4.97. The van der Waals surface area contributed by atoms with Crippen LogP contribution in [0.2, 0.25) is 10.0 Å². The third-order valence-electron chi connectivity index (χ3n) is 6.22. The fourth-order valence-electron chi connectivity index (χ4n) is 4.26. The van der Waals surface area contributed by atoms with Crippen molar-refractivity contribution in [3.63, 3.8) is 0 Å². The van der Waals surface area contributed by atoms with Crippen molar-refractivity contribution in [1.29, 1.82) is 0 Å². The maximum absolute atomic E-state index is 14.1. The van der Waals surface area contributed by atoms with Gasteiger partial charge in [-0.15, -0.1) is 5.17 Å². The molecule has 5 rings (SSSR count). The van der Waals surface area contributed by atoms with E-state index in [0.29, 0.717) is 34.3 Å². The van der Waals surface area contributed by atoms with Gasteiger partial charge in [-0.25, -0.2) is 15.6 Å². The van der Waals surface area contributed by atoms with Crippen LogP contribution in [0.4, 0.5) is 27.7 Å². The van der Waals surface area contributed by atoms with Gasteiger partial charge in [0.05, 0.1) is 38.7 Å². The monoisotopic (exact) mass is 581 g/mol. The quantitative estimate of drug-likeness (QED) is 0.163. The number of hydrogen-bond donors (Lipinski definition) is 2. The highest BCUT2D eigenvalue weighted by Gasteiger charge is 2.37. The second kappa shape index (κ2) is 11.3. The molecule has 0 spiro atoms. The van der Waals surface area contributed by atoms with Gasteiger partial charge in [0, 0.05) is 17.8 Å². The molecule has 40 heavy (non-hydrogen) atoms. The number of aromatic nitrogens is 2. The van der Waals surface area contributed by atoms with Gasteiger partial charge in [-0.1, -0.05) is 65.7 Å². The molecule has 206 valence electrons. The minimum atomic E-state index is -0.433. The zero-order chi connectivity index (χ0) is 28.4. The van der Waals surface area contributed by atoms with E-state index in [4.69, 9.17) is 49.1 Å². The number of nitrogens with zero attached hydrogens (tertiary/aromatic N) is 5. The summed E-state index contributed by atoms with van der Waals surface area (Å²) in [6, 6.07) is 17.4. The topological polar surface area (TPSA) is 132 Å². The molecule has 0 bridgehead atoms. The minimum absolute atomic E-state index is 0.0630. The van der Waals surface area contributed by atoms with E-state index in [1.54, 1.807) is 36.5 Å². The summed E-state index contributed by atoms with van der Waals surface area (Å²) in [6.45, 7) is 0.251. The van der Waals surface area contributed by atoms with Crippen molar-refractivity contribution < 1.29 is 19.1 Å². The lowest BCUT2D eigenvalue weighted by molar-refractivity contribution is 0.248. The van der Waals surface area contributed by atoms with Gasteiger partial charge in [0.2, 0.25) is 0 Å². The molecule has 0 radical (unpaired) electrons. The Morgan fingerprint density at radius 2 is 1.65 bits per heavy atom. The van der Waals surface area contributed by atoms with Gasteiger partial charge < -0.3 is 20.0 Å². The lowest BCUT2D eigenvalue weighted by atomic mass is 10.1. The number of amides is 2. The van der Waals surface area contributed by atoms with Crippen molar-refractivity contribution in [3.8, 4) is 17.5 Å². The molecule has 2 amide bonds. The van der Waals surface area contributed by atoms with E-state index < -0.39 is 6.03 Å². The van der Waals surface area contributed by atoms with Crippen molar-refractivity contribution >= 4 is 52.1 Å². The van der Waals surface area contributed by atoms with Gasteiger partial charge in [-0.2, -0.15) is 4.98 Å². The van der Waals surface area contributed by atoms with Crippen molar-refractivity contribution in [2.45, 2.75) is 13.1 Å². The lowest BCUT2D eigenvalue weighted by Gasteiger charge is -2.37. The molecular formula is C27H25Cl2N7O4. The van der Waals surface area contributed by atoms with E-state index in [-0.39, 0.29) is 34.8 Å². The molecule has 1 aliphatic heterocycles. The van der Waals surface area contributed by atoms with Crippen LogP contribution in [0, 0.1) is 0 Å². The number of carbonyl (C=O) groups excluding carboxylic acids is 1. The van der Waals surface area contributed by atoms with E-state index in [1.807, 2.05) is 30.3 Å². The first-order valence-corrected chi connectivity index (χ1v) is 12.7. The molecule has 4 aromatic rings. The lowest BCUT2D eigenvalue weighted by Crippen LogP contribution is -2.48. The number of benzene rings is 3. The Morgan fingerprint density at radius 1 is 1.00 bits per heavy atom. The van der Waals surface area contributed by atoms with E-state index in [9.17, 15) is 4.79 Å². The molecular weight excluding hydrogens is 557 g/mol. The highest BCUT2D eigenvalue weighted by molar-refractivity contribution is 6.42. The van der Waals surface area contributed by atoms with E-state index >= 15 is 0 Å². The summed E-state index contributed by atoms with van der Waals surface area (Å²) in [7, 11) is 2.93. The van der Waals surface area contributed by atoms with Gasteiger partial charge in [-0.3, -0.25) is 9.80 Å². The van der Waals surface area contributed by atoms with Crippen LogP contribution in [0.25, 0.3) is 0 Å². The number of hydrogen-bond acceptors (Lipinski definition) is 9. The average molecular weight is 582 g/mol. The summed E-state index contributed by atoms with van der Waals surface area (Å²) >= 11 is 13.3. The molecule has 0 unspecified atom stereocenters. The molecule has 0 atom stereocenters. The summed E-state index contributed by atoms with van der Waals surface area (Å²) in [6.07, 6.45) is 1.55. The Labute approximate surface area is 240 Å². The number of methoxy groups -OCH3 is 2. The van der Waals surface area contributed by atoms with Gasteiger partial charge in [0.15, 0.2) is 0 Å². The zero-order valence-corrected chi connectivity index (χ0v) is 23.1. The third-order valence-corrected chi connectivity index (χ3v) is 6.95. The molecule has 11 nitrogen and oxygen atoms in total. The largest absolute Gasteiger partial charge is 0.495 e. The van der Waals surface area contributed by atoms with Crippen molar-refractivity contribution in [3.05, 3.63) is 88.0 Å². The SMILES string of the molecule is COc1cc(OC)c(Cl)c(N2Cc3cnc(ON(N)c4ccccc4N)nc3N(Cc3ccccc3)C2=O)c1Cl. The van der Waals surface area contributed by atoms with Gasteiger partial charge in [0.1, 0.15) is 33.0 Å². The predicted molar refractivity (Wildman–Crippen MR) is 154 cm³/mol. The summed E-state index contributed by atoms with van der Waals surface area (Å²) in [5, 5.41) is 1.28. The van der Waals surface area contributed by atoms with E-state index in [0.717, 1.165) is 10.7 Å². The highest BCUT2D eigenvalue weighted by atomic mass is 35.5. The summed E-state index contributed by atoms with van der Waals surface area (Å²) in [5.41, 5.74) is 8.54. The molecule has 0 saturated heterocycles. The number of para-hydroxylation sites is 2. The number of carbonyl (C=O) groups is 1. The molecule has 4 N–H and O–H groups in total. The Morgan fingerprint density at radius 3 is 2.30 bits per heavy atom. The molecule has 1 aliphatic rings. The molecule has 2 heterocycles. The summed E-state index contributed by atoms with van der Waals surface area (Å²) in [4.78, 5) is 31.6. The number of urea groups is 1. The van der Waals surface area contributed by atoms with Crippen molar-refractivity contribution in [1.82, 2.24) is 9.97 Å². The molecule has 3 aromatic carbocycles. The number of anilines is 4. The Hall–Kier alpha value is -4.45. The van der Waals surface area contributed by atoms with Crippen LogP contribution in [0.3, 0.4) is 0 Å². The van der Waals surface area contributed by atoms with E-state index in [1.165, 1.54) is 24.0 Å². The number of hydrazine groups is 1. The number of ether oxygens (including phenoxy) is 2. The second-order valence-electron chi connectivity index (χ2n) is 8.68. The normalized spacial score (nSPS) is 12.7. The van der Waals surface area contributed by atoms with Gasteiger partial charge in [-0.05, 0) is 17.7 Å². The van der Waals surface area contributed by atoms with Crippen LogP contribution in [-0.4, -0.2) is 30.2 Å². The molecule has 0 saturated carbocycles. The third kappa shape index (κ3) is 5.09. The molecule has 1 aromatic heterocycles. The minimum Gasteiger partial charge on any atom is -0.495 e. The molecule has 13 heteroatoms. The van der Waals surface area contributed by atoms with Crippen molar-refractivity contribution in [2.75, 3.05) is 34.9 Å². The van der Waals surface area contributed by atoms with Gasteiger partial charge in [0.25, 0.3) is 0 Å². The number of fused-ring (bicyclic) bond motifs is 1. The number of nitrogens with two attached hydrogens (primary N) is 2. The number of rotatable bonds is 8. The van der Waals surface area contributed by atoms with Gasteiger partial charge >= 0.3 is 12.0 Å². The highest BCUT2D eigenvalue weighted by Crippen LogP contribution is 2.48. The fraction of sp³-hybridized carbons (Fsp3) is 0.148. The first kappa shape index (κ1) is 27.1. The predicted octanol–water partition coefficient (Wildman–Crippen LogP) is 5.20. The summed E-state index contributed by atoms with van der Waals surface area (Å²) < 4.78 is 10.8. The van der Waals surface area contributed by atoms with Crippen LogP contribution >= 0.6 is 23.2 Å². The Kier molecular flexibility index (Phi) is 7.69. The van der Waals surface area contributed by atoms with Crippen LogP contribution in [-0.2, 0) is 13.1 Å². The number of nitrogen functional groups attached to an aromatic ring is 1. The average Bonchev–Trinajstić information content (AvgIpc) is 2.96. The number of halogens is 2. The maximum Gasteiger partial charge on any atom is 0.346 e. The van der Waals surface area contributed by atoms with Crippen molar-refractivity contribution in [2.24, 2.45) is 5.84 Å². The summed E-state index contributed by atoms with van der Waals surface area (Å²) in [5.74, 6) is 7.02. The first-order chi connectivity index (χ1) is 19.3. The standard InChI is InChI=1S/C27H25Cl2N7O4/c1-38-20-12-21(39-2)23(29)24(22(20)28)34-15-17-13-32-26(40-36(31)19-11-7-6-10-18(19)30)33-25(17)35(27(34)37)14-16-8-4-3-5-9-16/h3-13H,14-15,30-31H2,1-2H3. The molecule has 0 aliphatic carbocycles. The Balaban J connectivity index is 1.57. The Bertz CT molecular complexity index is 1530. The van der Waals surface area contributed by atoms with Crippen LogP contribution in [0.1, 0.15) is 11.1 Å². The zero-order valence-electron chi connectivity index (χ0n) is 21.5. The maximum atomic E-state index is 14.1. The van der Waals surface area contributed by atoms with E-state index in [2.05, 4.69) is 9.97 Å². The van der Waals surface area contributed by atoms with Crippen LogP contribution in [0.15, 0.2) is 66.9 Å². The van der Waals surface area contributed by atoms with Crippen LogP contribution < -0.4 is 40.9 Å². The molecule has 0 fully saturated rings.